The maximum Gasteiger partial charge on any atom is 0.188 e. The fourth-order valence-corrected chi connectivity index (χ4v) is 3.96. The van der Waals surface area contributed by atoms with E-state index in [9.17, 15) is 8.42 Å². The van der Waals surface area contributed by atoms with Crippen LogP contribution in [0.4, 0.5) is 0 Å². The second-order valence-corrected chi connectivity index (χ2v) is 6.40. The van der Waals surface area contributed by atoms with Crippen molar-refractivity contribution in [1.82, 2.24) is 0 Å². The Morgan fingerprint density at radius 1 is 1.39 bits per heavy atom. The van der Waals surface area contributed by atoms with Gasteiger partial charge in [-0.25, -0.2) is 8.42 Å². The molecule has 6 heteroatoms. The van der Waals surface area contributed by atoms with Crippen molar-refractivity contribution in [3.05, 3.63) is 24.3 Å². The van der Waals surface area contributed by atoms with E-state index >= 15 is 0 Å². The largest absolute Gasteiger partial charge is 0.495 e. The van der Waals surface area contributed by atoms with Crippen molar-refractivity contribution in [2.75, 3.05) is 20.3 Å². The van der Waals surface area contributed by atoms with E-state index in [2.05, 4.69) is 0 Å². The first-order valence-electron chi connectivity index (χ1n) is 5.77. The molecule has 0 aliphatic carbocycles. The summed E-state index contributed by atoms with van der Waals surface area (Å²) in [7, 11) is -2.08. The topological polar surface area (TPSA) is 78.6 Å². The molecule has 1 aromatic carbocycles. The molecule has 0 saturated carbocycles. The van der Waals surface area contributed by atoms with Crippen LogP contribution in [0.25, 0.3) is 0 Å². The summed E-state index contributed by atoms with van der Waals surface area (Å²) in [4.78, 5) is 0.179. The number of methoxy groups -OCH3 is 1. The number of nitrogens with two attached hydrogens (primary N) is 1. The zero-order chi connectivity index (χ0) is 13.2. The van der Waals surface area contributed by atoms with Gasteiger partial charge in [-0.2, -0.15) is 0 Å². The summed E-state index contributed by atoms with van der Waals surface area (Å²) in [5, 5.41) is -0.706. The third-order valence-electron chi connectivity index (χ3n) is 3.13. The Bertz CT molecular complexity index is 515. The van der Waals surface area contributed by atoms with Gasteiger partial charge in [0.2, 0.25) is 0 Å². The second kappa shape index (κ2) is 5.26. The van der Waals surface area contributed by atoms with Crippen LogP contribution in [-0.4, -0.2) is 40.0 Å². The Kier molecular flexibility index (Phi) is 3.89. The SMILES string of the molecule is COc1ccccc1S(=O)(=O)C1COCCC1N. The standard InChI is InChI=1S/C12H17NO4S/c1-16-10-4-2-3-5-11(10)18(14,15)12-8-17-7-6-9(12)13/h2-5,9,12H,6-8,13H2,1H3. The molecule has 1 aliphatic rings. The predicted octanol–water partition coefficient (Wildman–Crippen LogP) is 0.585. The van der Waals surface area contributed by atoms with E-state index < -0.39 is 21.1 Å². The maximum absolute atomic E-state index is 12.5. The molecule has 1 fully saturated rings. The van der Waals surface area contributed by atoms with Gasteiger partial charge in [0.1, 0.15) is 15.9 Å². The molecule has 0 bridgehead atoms. The molecule has 1 aromatic rings. The second-order valence-electron chi connectivity index (χ2n) is 4.26. The summed E-state index contributed by atoms with van der Waals surface area (Å²) in [5.74, 6) is 0.343. The molecule has 2 atom stereocenters. The van der Waals surface area contributed by atoms with Gasteiger partial charge in [-0.05, 0) is 18.6 Å². The average Bonchev–Trinajstić information content (AvgIpc) is 2.39. The number of ether oxygens (including phenoxy) is 2. The minimum atomic E-state index is -3.53. The van der Waals surface area contributed by atoms with Crippen LogP contribution in [0.1, 0.15) is 6.42 Å². The molecule has 1 aliphatic heterocycles. The molecule has 100 valence electrons. The molecule has 0 aromatic heterocycles. The lowest BCUT2D eigenvalue weighted by atomic mass is 10.1. The van der Waals surface area contributed by atoms with Crippen molar-refractivity contribution < 1.29 is 17.9 Å². The molecule has 2 unspecified atom stereocenters. The molecule has 2 N–H and O–H groups in total. The van der Waals surface area contributed by atoms with E-state index in [1.807, 2.05) is 0 Å². The van der Waals surface area contributed by atoms with E-state index in [-0.39, 0.29) is 11.5 Å². The maximum atomic E-state index is 12.5. The van der Waals surface area contributed by atoms with E-state index in [1.54, 1.807) is 18.2 Å². The van der Waals surface area contributed by atoms with Gasteiger partial charge in [-0.15, -0.1) is 0 Å². The molecule has 0 amide bonds. The normalized spacial score (nSPS) is 24.8. The minimum absolute atomic E-state index is 0.140. The molecular formula is C12H17NO4S. The predicted molar refractivity (Wildman–Crippen MR) is 67.4 cm³/mol. The van der Waals surface area contributed by atoms with Gasteiger partial charge in [0.15, 0.2) is 9.84 Å². The number of para-hydroxylation sites is 1. The van der Waals surface area contributed by atoms with Crippen molar-refractivity contribution in [1.29, 1.82) is 0 Å². The number of hydrogen-bond donors (Lipinski definition) is 1. The molecule has 18 heavy (non-hydrogen) atoms. The molecular weight excluding hydrogens is 254 g/mol. The van der Waals surface area contributed by atoms with Crippen LogP contribution < -0.4 is 10.5 Å². The third-order valence-corrected chi connectivity index (χ3v) is 5.36. The highest BCUT2D eigenvalue weighted by Gasteiger charge is 2.36. The Hall–Kier alpha value is -1.11. The summed E-state index contributed by atoms with van der Waals surface area (Å²) in [6.07, 6.45) is 0.555. The lowest BCUT2D eigenvalue weighted by molar-refractivity contribution is 0.0891. The molecule has 1 saturated heterocycles. The van der Waals surface area contributed by atoms with Crippen LogP contribution in [0, 0.1) is 0 Å². The highest BCUT2D eigenvalue weighted by molar-refractivity contribution is 7.92. The van der Waals surface area contributed by atoms with Gasteiger partial charge in [-0.3, -0.25) is 0 Å². The summed E-state index contributed by atoms with van der Waals surface area (Å²) < 4.78 is 35.4. The molecule has 0 radical (unpaired) electrons. The lowest BCUT2D eigenvalue weighted by Gasteiger charge is -2.28. The summed E-state index contributed by atoms with van der Waals surface area (Å²) in [5.41, 5.74) is 5.89. The monoisotopic (exact) mass is 271 g/mol. The average molecular weight is 271 g/mol. The molecule has 2 rings (SSSR count). The molecule has 0 spiro atoms. The first kappa shape index (κ1) is 13.3. The van der Waals surface area contributed by atoms with Crippen LogP contribution in [0.2, 0.25) is 0 Å². The van der Waals surface area contributed by atoms with Gasteiger partial charge in [0.05, 0.1) is 13.7 Å². The number of benzene rings is 1. The van der Waals surface area contributed by atoms with Gasteiger partial charge in [-0.1, -0.05) is 12.1 Å². The van der Waals surface area contributed by atoms with E-state index in [0.29, 0.717) is 18.8 Å². The smallest absolute Gasteiger partial charge is 0.188 e. The first-order valence-corrected chi connectivity index (χ1v) is 7.32. The lowest BCUT2D eigenvalue weighted by Crippen LogP contribution is -2.47. The summed E-state index contributed by atoms with van der Waals surface area (Å²) in [6.45, 7) is 0.653. The van der Waals surface area contributed by atoms with Gasteiger partial charge < -0.3 is 15.2 Å². The van der Waals surface area contributed by atoms with Crippen LogP contribution in [0.15, 0.2) is 29.2 Å². The van der Waals surface area contributed by atoms with Crippen molar-refractivity contribution in [2.45, 2.75) is 22.6 Å². The fourth-order valence-electron chi connectivity index (χ4n) is 2.07. The van der Waals surface area contributed by atoms with Crippen LogP contribution in [0.3, 0.4) is 0 Å². The van der Waals surface area contributed by atoms with Crippen molar-refractivity contribution >= 4 is 9.84 Å². The van der Waals surface area contributed by atoms with E-state index in [1.165, 1.54) is 13.2 Å². The number of hydrogen-bond acceptors (Lipinski definition) is 5. The number of sulfone groups is 1. The van der Waals surface area contributed by atoms with Crippen LogP contribution >= 0.6 is 0 Å². The van der Waals surface area contributed by atoms with Crippen molar-refractivity contribution in [2.24, 2.45) is 5.73 Å². The highest BCUT2D eigenvalue weighted by Crippen LogP contribution is 2.29. The Balaban J connectivity index is 2.41. The van der Waals surface area contributed by atoms with Crippen molar-refractivity contribution in [3.8, 4) is 5.75 Å². The molecule has 1 heterocycles. The van der Waals surface area contributed by atoms with Crippen LogP contribution in [-0.2, 0) is 14.6 Å². The third kappa shape index (κ3) is 2.36. The number of rotatable bonds is 3. The van der Waals surface area contributed by atoms with Crippen LogP contribution in [0.5, 0.6) is 5.75 Å². The summed E-state index contributed by atoms with van der Waals surface area (Å²) in [6, 6.07) is 6.17. The van der Waals surface area contributed by atoms with Gasteiger partial charge in [0.25, 0.3) is 0 Å². The zero-order valence-corrected chi connectivity index (χ0v) is 11.0. The van der Waals surface area contributed by atoms with Gasteiger partial charge in [0, 0.05) is 12.6 Å². The minimum Gasteiger partial charge on any atom is -0.495 e. The Labute approximate surface area is 107 Å². The summed E-state index contributed by atoms with van der Waals surface area (Å²) >= 11 is 0. The van der Waals surface area contributed by atoms with Gasteiger partial charge >= 0.3 is 0 Å². The zero-order valence-electron chi connectivity index (χ0n) is 10.2. The van der Waals surface area contributed by atoms with Crippen molar-refractivity contribution in [3.63, 3.8) is 0 Å². The highest BCUT2D eigenvalue weighted by atomic mass is 32.2. The van der Waals surface area contributed by atoms with E-state index in [4.69, 9.17) is 15.2 Å². The Morgan fingerprint density at radius 2 is 2.11 bits per heavy atom. The fraction of sp³-hybridized carbons (Fsp3) is 0.500. The van der Waals surface area contributed by atoms with E-state index in [0.717, 1.165) is 0 Å². The Morgan fingerprint density at radius 3 is 2.78 bits per heavy atom. The quantitative estimate of drug-likeness (QED) is 0.870. The first-order chi connectivity index (χ1) is 8.57. The molecule has 5 nitrogen and oxygen atoms in total.